The van der Waals surface area contributed by atoms with Crippen molar-refractivity contribution >= 4 is 22.4 Å². The maximum Gasteiger partial charge on any atom is 0.260 e. The van der Waals surface area contributed by atoms with E-state index in [9.17, 15) is 4.79 Å². The normalized spacial score (nSPS) is 10.4. The van der Waals surface area contributed by atoms with Crippen LogP contribution in [0, 0.1) is 11.3 Å². The van der Waals surface area contributed by atoms with E-state index >= 15 is 0 Å². The summed E-state index contributed by atoms with van der Waals surface area (Å²) in [6, 6.07) is 29.5. The molecule has 0 N–H and O–H groups in total. The molecule has 0 saturated carbocycles. The summed E-state index contributed by atoms with van der Waals surface area (Å²) in [6.45, 7) is 0.521. The fourth-order valence-corrected chi connectivity index (χ4v) is 4.22. The van der Waals surface area contributed by atoms with Crippen molar-refractivity contribution in [3.63, 3.8) is 0 Å². The number of nitriles is 1. The van der Waals surface area contributed by atoms with Gasteiger partial charge in [-0.05, 0) is 29.7 Å². The van der Waals surface area contributed by atoms with Gasteiger partial charge in [0.2, 0.25) is 0 Å². The molecule has 1 aromatic heterocycles. The van der Waals surface area contributed by atoms with Gasteiger partial charge in [0.15, 0.2) is 5.13 Å². The average Bonchev–Trinajstić information content (AvgIpc) is 3.31. The summed E-state index contributed by atoms with van der Waals surface area (Å²) in [6.07, 6.45) is 1.01. The van der Waals surface area contributed by atoms with E-state index in [-0.39, 0.29) is 12.3 Å². The van der Waals surface area contributed by atoms with Crippen LogP contribution in [0.25, 0.3) is 11.3 Å². The molecule has 152 valence electrons. The van der Waals surface area contributed by atoms with Crippen LogP contribution in [0.1, 0.15) is 21.5 Å². The third-order valence-corrected chi connectivity index (χ3v) is 5.83. The first-order valence-electron chi connectivity index (χ1n) is 10.1. The van der Waals surface area contributed by atoms with Crippen molar-refractivity contribution in [2.45, 2.75) is 12.8 Å². The van der Waals surface area contributed by atoms with Crippen LogP contribution in [0.3, 0.4) is 0 Å². The van der Waals surface area contributed by atoms with Crippen molar-refractivity contribution in [1.29, 1.82) is 5.26 Å². The van der Waals surface area contributed by atoms with Crippen LogP contribution in [0.2, 0.25) is 0 Å². The van der Waals surface area contributed by atoms with Crippen molar-refractivity contribution in [2.24, 2.45) is 0 Å². The Kier molecular flexibility index (Phi) is 6.51. The van der Waals surface area contributed by atoms with E-state index in [1.165, 1.54) is 16.9 Å². The quantitative estimate of drug-likeness (QED) is 0.379. The van der Waals surface area contributed by atoms with Gasteiger partial charge in [-0.2, -0.15) is 5.26 Å². The molecule has 0 bridgehead atoms. The molecule has 0 fully saturated rings. The molecule has 0 unspecified atom stereocenters. The first-order chi connectivity index (χ1) is 15.2. The molecule has 0 aliphatic carbocycles. The molecule has 1 amide bonds. The topological polar surface area (TPSA) is 57.0 Å². The molecular weight excluding hydrogens is 402 g/mol. The second-order valence-electron chi connectivity index (χ2n) is 7.11. The smallest absolute Gasteiger partial charge is 0.260 e. The van der Waals surface area contributed by atoms with E-state index in [1.54, 1.807) is 17.0 Å². The number of rotatable bonds is 7. The van der Waals surface area contributed by atoms with Gasteiger partial charge in [-0.3, -0.25) is 9.69 Å². The SMILES string of the molecule is N#CCc1cccc(C(=O)N(CCc2ccccc2)c2nc(-c3ccccc3)cs2)c1. The molecule has 5 heteroatoms. The van der Waals surface area contributed by atoms with Gasteiger partial charge in [0.25, 0.3) is 5.91 Å². The molecule has 0 saturated heterocycles. The van der Waals surface area contributed by atoms with Crippen LogP contribution < -0.4 is 4.90 Å². The molecular formula is C26H21N3OS. The van der Waals surface area contributed by atoms with Crippen molar-refractivity contribution < 1.29 is 4.79 Å². The van der Waals surface area contributed by atoms with E-state index < -0.39 is 0 Å². The standard InChI is InChI=1S/C26H21N3OS/c27-16-14-21-10-7-13-23(18-21)25(30)29(17-15-20-8-3-1-4-9-20)26-28-24(19-31-26)22-11-5-2-6-12-22/h1-13,18-19H,14-15,17H2. The second kappa shape index (κ2) is 9.84. The van der Waals surface area contributed by atoms with Crippen molar-refractivity contribution in [1.82, 2.24) is 4.98 Å². The Morgan fingerprint density at radius 1 is 0.935 bits per heavy atom. The Morgan fingerprint density at radius 3 is 2.39 bits per heavy atom. The van der Waals surface area contributed by atoms with Gasteiger partial charge in [-0.15, -0.1) is 11.3 Å². The lowest BCUT2D eigenvalue weighted by Gasteiger charge is -2.20. The zero-order valence-electron chi connectivity index (χ0n) is 16.9. The fourth-order valence-electron chi connectivity index (χ4n) is 3.36. The molecule has 0 atom stereocenters. The molecule has 0 aliphatic rings. The third-order valence-electron chi connectivity index (χ3n) is 4.96. The molecule has 0 radical (unpaired) electrons. The number of hydrogen-bond donors (Lipinski definition) is 0. The Labute approximate surface area is 186 Å². The first kappa shape index (κ1) is 20.5. The van der Waals surface area contributed by atoms with Crippen molar-refractivity contribution in [2.75, 3.05) is 11.4 Å². The summed E-state index contributed by atoms with van der Waals surface area (Å²) in [4.78, 5) is 20.0. The van der Waals surface area contributed by atoms with Gasteiger partial charge in [-0.25, -0.2) is 4.98 Å². The number of nitrogens with zero attached hydrogens (tertiary/aromatic N) is 3. The van der Waals surface area contributed by atoms with Gasteiger partial charge >= 0.3 is 0 Å². The lowest BCUT2D eigenvalue weighted by atomic mass is 10.1. The maximum atomic E-state index is 13.5. The summed E-state index contributed by atoms with van der Waals surface area (Å²) in [5.41, 5.74) is 4.45. The maximum absolute atomic E-state index is 13.5. The van der Waals surface area contributed by atoms with Crippen LogP contribution in [-0.2, 0) is 12.8 Å². The number of amides is 1. The highest BCUT2D eigenvalue weighted by Gasteiger charge is 2.21. The van der Waals surface area contributed by atoms with Gasteiger partial charge in [-0.1, -0.05) is 72.8 Å². The summed E-state index contributed by atoms with van der Waals surface area (Å²) in [7, 11) is 0. The number of anilines is 1. The van der Waals surface area contributed by atoms with Crippen LogP contribution in [0.5, 0.6) is 0 Å². The molecule has 0 spiro atoms. The van der Waals surface area contributed by atoms with Crippen LogP contribution >= 0.6 is 11.3 Å². The number of benzene rings is 3. The van der Waals surface area contributed by atoms with E-state index in [0.717, 1.165) is 23.2 Å². The summed E-state index contributed by atoms with van der Waals surface area (Å²) in [5, 5.41) is 11.7. The van der Waals surface area contributed by atoms with Gasteiger partial charge < -0.3 is 0 Å². The zero-order chi connectivity index (χ0) is 21.5. The second-order valence-corrected chi connectivity index (χ2v) is 7.95. The Bertz CT molecular complexity index is 1200. The number of carbonyl (C=O) groups excluding carboxylic acids is 1. The molecule has 4 rings (SSSR count). The molecule has 4 aromatic rings. The minimum atomic E-state index is -0.107. The van der Waals surface area contributed by atoms with Gasteiger partial charge in [0, 0.05) is 23.1 Å². The fraction of sp³-hybridized carbons (Fsp3) is 0.115. The van der Waals surface area contributed by atoms with E-state index in [1.807, 2.05) is 66.0 Å². The molecule has 0 aliphatic heterocycles. The van der Waals surface area contributed by atoms with Crippen LogP contribution in [-0.4, -0.2) is 17.4 Å². The zero-order valence-corrected chi connectivity index (χ0v) is 17.8. The van der Waals surface area contributed by atoms with Crippen molar-refractivity contribution in [3.05, 3.63) is 107 Å². The largest absolute Gasteiger partial charge is 0.284 e. The van der Waals surface area contributed by atoms with Crippen molar-refractivity contribution in [3.8, 4) is 17.3 Å². The van der Waals surface area contributed by atoms with E-state index in [4.69, 9.17) is 10.2 Å². The molecule has 1 heterocycles. The lowest BCUT2D eigenvalue weighted by Crippen LogP contribution is -2.33. The minimum Gasteiger partial charge on any atom is -0.284 e. The van der Waals surface area contributed by atoms with E-state index in [0.29, 0.717) is 17.2 Å². The third kappa shape index (κ3) is 5.06. The van der Waals surface area contributed by atoms with Gasteiger partial charge in [0.05, 0.1) is 18.2 Å². The molecule has 31 heavy (non-hydrogen) atoms. The Balaban J connectivity index is 1.64. The Hall–Kier alpha value is -3.75. The number of hydrogen-bond acceptors (Lipinski definition) is 4. The number of aromatic nitrogens is 1. The van der Waals surface area contributed by atoms with Crippen LogP contribution in [0.15, 0.2) is 90.3 Å². The van der Waals surface area contributed by atoms with Crippen LogP contribution in [0.4, 0.5) is 5.13 Å². The summed E-state index contributed by atoms with van der Waals surface area (Å²) < 4.78 is 0. The highest BCUT2D eigenvalue weighted by atomic mass is 32.1. The van der Waals surface area contributed by atoms with E-state index in [2.05, 4.69) is 18.2 Å². The average molecular weight is 424 g/mol. The predicted octanol–water partition coefficient (Wildman–Crippen LogP) is 5.77. The first-order valence-corrected chi connectivity index (χ1v) is 10.9. The predicted molar refractivity (Wildman–Crippen MR) is 125 cm³/mol. The summed E-state index contributed by atoms with van der Waals surface area (Å²) >= 11 is 1.47. The summed E-state index contributed by atoms with van der Waals surface area (Å²) in [5.74, 6) is -0.107. The highest BCUT2D eigenvalue weighted by molar-refractivity contribution is 7.14. The lowest BCUT2D eigenvalue weighted by molar-refractivity contribution is 0.0987. The monoisotopic (exact) mass is 423 g/mol. The number of thiazole rings is 1. The Morgan fingerprint density at radius 2 is 1.65 bits per heavy atom. The van der Waals surface area contributed by atoms with Gasteiger partial charge in [0.1, 0.15) is 0 Å². The minimum absolute atomic E-state index is 0.107. The number of carbonyl (C=O) groups is 1. The highest BCUT2D eigenvalue weighted by Crippen LogP contribution is 2.28. The molecule has 3 aromatic carbocycles. The molecule has 4 nitrogen and oxygen atoms in total.